The van der Waals surface area contributed by atoms with Gasteiger partial charge in [0.05, 0.1) is 11.3 Å². The Kier molecular flexibility index (Phi) is 7.79. The van der Waals surface area contributed by atoms with Crippen LogP contribution in [-0.4, -0.2) is 60.5 Å². The van der Waals surface area contributed by atoms with Gasteiger partial charge in [0.1, 0.15) is 5.69 Å². The van der Waals surface area contributed by atoms with Gasteiger partial charge in [-0.25, -0.2) is 9.59 Å². The first-order chi connectivity index (χ1) is 16.6. The third-order valence-electron chi connectivity index (χ3n) is 5.05. The van der Waals surface area contributed by atoms with E-state index in [1.807, 2.05) is 12.3 Å². The van der Waals surface area contributed by atoms with Gasteiger partial charge in [0.2, 0.25) is 0 Å². The maximum Gasteiger partial charge on any atom is 0.490 e. The number of carboxylic acid groups (broad SMARTS) is 2. The van der Waals surface area contributed by atoms with Crippen molar-refractivity contribution in [1.29, 1.82) is 0 Å². The van der Waals surface area contributed by atoms with Gasteiger partial charge in [-0.05, 0) is 43.0 Å². The van der Waals surface area contributed by atoms with Gasteiger partial charge in [-0.1, -0.05) is 0 Å². The first kappa shape index (κ1) is 25.3. The van der Waals surface area contributed by atoms with Gasteiger partial charge in [-0.2, -0.15) is 18.3 Å². The van der Waals surface area contributed by atoms with E-state index in [4.69, 9.17) is 9.90 Å². The summed E-state index contributed by atoms with van der Waals surface area (Å²) in [6.07, 6.45) is 3.49. The molecular formula is C22H20F3N5O5. The van der Waals surface area contributed by atoms with E-state index in [1.165, 1.54) is 6.20 Å². The third-order valence-corrected chi connectivity index (χ3v) is 5.05. The summed E-state index contributed by atoms with van der Waals surface area (Å²) in [5.41, 5.74) is 4.25. The lowest BCUT2D eigenvalue weighted by molar-refractivity contribution is -0.192. The number of rotatable bonds is 6. The lowest BCUT2D eigenvalue weighted by Gasteiger charge is -2.14. The topological polar surface area (TPSA) is 147 Å². The van der Waals surface area contributed by atoms with Crippen LogP contribution in [0.25, 0.3) is 11.3 Å². The summed E-state index contributed by atoms with van der Waals surface area (Å²) in [7, 11) is 0. The summed E-state index contributed by atoms with van der Waals surface area (Å²) in [6, 6.07) is 5.28. The first-order valence-electron chi connectivity index (χ1n) is 10.3. The number of carboxylic acids is 2. The van der Waals surface area contributed by atoms with Crippen molar-refractivity contribution < 1.29 is 37.8 Å². The Morgan fingerprint density at radius 1 is 1.06 bits per heavy atom. The van der Waals surface area contributed by atoms with Gasteiger partial charge in [0, 0.05) is 49.0 Å². The fraction of sp³-hybridized carbons (Fsp3) is 0.273. The molecule has 3 aromatic heterocycles. The molecule has 4 rings (SSSR count). The van der Waals surface area contributed by atoms with Crippen LogP contribution in [0.2, 0.25) is 0 Å². The highest BCUT2D eigenvalue weighted by Gasteiger charge is 2.38. The molecule has 0 aliphatic heterocycles. The van der Waals surface area contributed by atoms with Gasteiger partial charge < -0.3 is 15.5 Å². The molecule has 0 spiro atoms. The second-order valence-electron chi connectivity index (χ2n) is 7.39. The summed E-state index contributed by atoms with van der Waals surface area (Å²) >= 11 is 0. The van der Waals surface area contributed by atoms with Crippen molar-refractivity contribution in [3.05, 3.63) is 65.4 Å². The van der Waals surface area contributed by atoms with Gasteiger partial charge in [0.15, 0.2) is 0 Å². The molecular weight excluding hydrogens is 471 g/mol. The van der Waals surface area contributed by atoms with Gasteiger partial charge in [-0.15, -0.1) is 0 Å². The molecule has 3 aromatic rings. The summed E-state index contributed by atoms with van der Waals surface area (Å²) in [4.78, 5) is 40.9. The number of hydrogen-bond donors (Lipinski definition) is 3. The number of aliphatic carboxylic acids is 1. The van der Waals surface area contributed by atoms with Crippen LogP contribution in [0.3, 0.4) is 0 Å². The lowest BCUT2D eigenvalue weighted by Crippen LogP contribution is -2.25. The molecule has 3 N–H and O–H groups in total. The van der Waals surface area contributed by atoms with Crippen molar-refractivity contribution in [3.8, 4) is 11.3 Å². The van der Waals surface area contributed by atoms with E-state index >= 15 is 0 Å². The SMILES string of the molecule is O=C(NCCCn1nc2c(c1C(=O)O)CCc1cnccc1-2)c1cccnc1.O=C(O)C(F)(F)F. The Balaban J connectivity index is 0.000000429. The largest absolute Gasteiger partial charge is 0.490 e. The number of carbonyl (C=O) groups is 3. The Morgan fingerprint density at radius 3 is 2.40 bits per heavy atom. The van der Waals surface area contributed by atoms with Crippen molar-refractivity contribution in [2.24, 2.45) is 0 Å². The molecule has 3 heterocycles. The molecule has 0 bridgehead atoms. The number of aryl methyl sites for hydroxylation is 2. The minimum atomic E-state index is -5.08. The summed E-state index contributed by atoms with van der Waals surface area (Å²) in [5, 5.41) is 24.2. The maximum atomic E-state index is 12.1. The highest BCUT2D eigenvalue weighted by atomic mass is 19.4. The molecule has 1 aliphatic rings. The predicted octanol–water partition coefficient (Wildman–Crippen LogP) is 2.59. The van der Waals surface area contributed by atoms with Crippen LogP contribution in [0.15, 0.2) is 43.0 Å². The van der Waals surface area contributed by atoms with Crippen LogP contribution in [0.4, 0.5) is 13.2 Å². The van der Waals surface area contributed by atoms with Crippen LogP contribution < -0.4 is 5.32 Å². The summed E-state index contributed by atoms with van der Waals surface area (Å²) in [6.45, 7) is 0.820. The van der Waals surface area contributed by atoms with E-state index in [0.29, 0.717) is 31.5 Å². The van der Waals surface area contributed by atoms with Crippen molar-refractivity contribution in [2.75, 3.05) is 6.54 Å². The molecule has 10 nitrogen and oxygen atoms in total. The number of alkyl halides is 3. The van der Waals surface area contributed by atoms with E-state index < -0.39 is 18.1 Å². The number of nitrogens with zero attached hydrogens (tertiary/aromatic N) is 4. The fourth-order valence-corrected chi connectivity index (χ4v) is 3.50. The lowest BCUT2D eigenvalue weighted by atomic mass is 9.90. The molecule has 0 radical (unpaired) electrons. The maximum absolute atomic E-state index is 12.1. The van der Waals surface area contributed by atoms with Crippen LogP contribution >= 0.6 is 0 Å². The Labute approximate surface area is 196 Å². The van der Waals surface area contributed by atoms with Gasteiger partial charge >= 0.3 is 18.1 Å². The molecule has 0 aromatic carbocycles. The number of amides is 1. The van der Waals surface area contributed by atoms with Crippen LogP contribution in [0.5, 0.6) is 0 Å². The van der Waals surface area contributed by atoms with Crippen LogP contribution in [0, 0.1) is 0 Å². The zero-order valence-corrected chi connectivity index (χ0v) is 18.1. The van der Waals surface area contributed by atoms with Crippen LogP contribution in [-0.2, 0) is 24.2 Å². The molecule has 184 valence electrons. The van der Waals surface area contributed by atoms with E-state index in [9.17, 15) is 27.9 Å². The number of nitrogens with one attached hydrogen (secondary N) is 1. The molecule has 1 aliphatic carbocycles. The standard InChI is InChI=1S/C20H19N5O3.C2HF3O2/c26-19(14-3-1-7-21-12-14)23-8-2-10-25-18(20(27)28)16-5-4-13-11-22-9-6-15(13)17(16)24-25;3-2(4,5)1(6)7/h1,3,6-7,9,11-12H,2,4-5,8,10H2,(H,23,26)(H,27,28);(H,6,7). The van der Waals surface area contributed by atoms with Gasteiger partial charge in [0.25, 0.3) is 5.91 Å². The van der Waals surface area contributed by atoms with Crippen molar-refractivity contribution >= 4 is 17.8 Å². The number of halogens is 3. The average molecular weight is 491 g/mol. The smallest absolute Gasteiger partial charge is 0.477 e. The van der Waals surface area contributed by atoms with Gasteiger partial charge in [-0.3, -0.25) is 19.4 Å². The molecule has 1 amide bonds. The zero-order valence-electron chi connectivity index (χ0n) is 18.1. The predicted molar refractivity (Wildman–Crippen MR) is 115 cm³/mol. The Hall–Kier alpha value is -4.29. The second-order valence-corrected chi connectivity index (χ2v) is 7.39. The quantitative estimate of drug-likeness (QED) is 0.446. The summed E-state index contributed by atoms with van der Waals surface area (Å²) < 4.78 is 33.3. The fourth-order valence-electron chi connectivity index (χ4n) is 3.50. The van der Waals surface area contributed by atoms with Crippen molar-refractivity contribution in [2.45, 2.75) is 32.0 Å². The molecule has 0 fully saturated rings. The highest BCUT2D eigenvalue weighted by Crippen LogP contribution is 2.34. The number of hydrogen-bond acceptors (Lipinski definition) is 6. The highest BCUT2D eigenvalue weighted by molar-refractivity contribution is 5.93. The Morgan fingerprint density at radius 2 is 1.77 bits per heavy atom. The second kappa shape index (κ2) is 10.8. The number of aromatic carboxylic acids is 1. The number of fused-ring (bicyclic) bond motifs is 3. The molecule has 0 saturated heterocycles. The normalized spacial score (nSPS) is 12.0. The average Bonchev–Trinajstić information content (AvgIpc) is 3.21. The van der Waals surface area contributed by atoms with E-state index in [-0.39, 0.29) is 11.6 Å². The number of carbonyl (C=O) groups excluding carboxylic acids is 1. The zero-order chi connectivity index (χ0) is 25.6. The van der Waals surface area contributed by atoms with E-state index in [0.717, 1.165) is 28.8 Å². The van der Waals surface area contributed by atoms with Crippen LogP contribution in [0.1, 0.15) is 38.4 Å². The molecule has 13 heteroatoms. The minimum Gasteiger partial charge on any atom is -0.477 e. The molecule has 35 heavy (non-hydrogen) atoms. The number of aromatic nitrogens is 4. The summed E-state index contributed by atoms with van der Waals surface area (Å²) in [5.74, 6) is -3.94. The molecule has 0 saturated carbocycles. The third kappa shape index (κ3) is 6.19. The molecule has 0 atom stereocenters. The monoisotopic (exact) mass is 491 g/mol. The van der Waals surface area contributed by atoms with E-state index in [2.05, 4.69) is 20.4 Å². The minimum absolute atomic E-state index is 0.201. The van der Waals surface area contributed by atoms with E-state index in [1.54, 1.807) is 29.2 Å². The first-order valence-corrected chi connectivity index (χ1v) is 10.3. The number of pyridine rings is 2. The Bertz CT molecular complexity index is 1230. The van der Waals surface area contributed by atoms with Crippen molar-refractivity contribution in [1.82, 2.24) is 25.1 Å². The van der Waals surface area contributed by atoms with Crippen molar-refractivity contribution in [3.63, 3.8) is 0 Å². The molecule has 0 unspecified atom stereocenters.